The number of morpholine rings is 1. The minimum Gasteiger partial charge on any atom is -0.394 e. The fourth-order valence-corrected chi connectivity index (χ4v) is 1.99. The summed E-state index contributed by atoms with van der Waals surface area (Å²) >= 11 is 0. The van der Waals surface area contributed by atoms with E-state index < -0.39 is 0 Å². The van der Waals surface area contributed by atoms with Gasteiger partial charge in [0, 0.05) is 18.8 Å². The number of nitrogens with zero attached hydrogens (tertiary/aromatic N) is 1. The number of hydrogen-bond donors (Lipinski definition) is 2. The number of aliphatic hydroxyl groups excluding tert-OH is 1. The van der Waals surface area contributed by atoms with Crippen molar-refractivity contribution in [3.63, 3.8) is 0 Å². The third-order valence-electron chi connectivity index (χ3n) is 2.88. The maximum Gasteiger partial charge on any atom is 0.0642 e. The molecule has 0 spiro atoms. The molecule has 0 unspecified atom stereocenters. The molecule has 0 amide bonds. The van der Waals surface area contributed by atoms with Crippen molar-refractivity contribution < 1.29 is 9.84 Å². The zero-order chi connectivity index (χ0) is 11.4. The van der Waals surface area contributed by atoms with E-state index in [2.05, 4.69) is 11.0 Å². The molecule has 0 radical (unpaired) electrons. The number of anilines is 1. The SMILES string of the molecule is N[C@@H](CO)c1ccccc1N1CCOCC1. The zero-order valence-electron chi connectivity index (χ0n) is 9.30. The molecule has 0 aromatic heterocycles. The third kappa shape index (κ3) is 2.35. The summed E-state index contributed by atoms with van der Waals surface area (Å²) in [6, 6.07) is 7.67. The number of ether oxygens (including phenoxy) is 1. The molecular weight excluding hydrogens is 204 g/mol. The topological polar surface area (TPSA) is 58.7 Å². The van der Waals surface area contributed by atoms with Gasteiger partial charge in [0.25, 0.3) is 0 Å². The quantitative estimate of drug-likeness (QED) is 0.782. The molecule has 1 heterocycles. The lowest BCUT2D eigenvalue weighted by atomic mass is 10.0. The second kappa shape index (κ2) is 5.30. The van der Waals surface area contributed by atoms with Crippen molar-refractivity contribution >= 4 is 5.69 Å². The molecule has 1 aromatic carbocycles. The van der Waals surface area contributed by atoms with Gasteiger partial charge in [-0.05, 0) is 11.6 Å². The van der Waals surface area contributed by atoms with Crippen LogP contribution in [-0.2, 0) is 4.74 Å². The molecule has 1 atom stereocenters. The van der Waals surface area contributed by atoms with E-state index in [-0.39, 0.29) is 12.6 Å². The minimum absolute atomic E-state index is 0.0264. The van der Waals surface area contributed by atoms with Crippen LogP contribution in [0.3, 0.4) is 0 Å². The van der Waals surface area contributed by atoms with E-state index in [9.17, 15) is 0 Å². The summed E-state index contributed by atoms with van der Waals surface area (Å²) in [5, 5.41) is 9.14. The van der Waals surface area contributed by atoms with Gasteiger partial charge in [0.15, 0.2) is 0 Å². The average Bonchev–Trinajstić information content (AvgIpc) is 2.39. The fourth-order valence-electron chi connectivity index (χ4n) is 1.99. The van der Waals surface area contributed by atoms with Crippen LogP contribution in [0.1, 0.15) is 11.6 Å². The summed E-state index contributed by atoms with van der Waals surface area (Å²) in [5.41, 5.74) is 8.02. The first-order valence-corrected chi connectivity index (χ1v) is 5.61. The molecule has 1 fully saturated rings. The maximum absolute atomic E-state index is 9.14. The van der Waals surface area contributed by atoms with Crippen molar-refractivity contribution in [3.8, 4) is 0 Å². The van der Waals surface area contributed by atoms with Crippen molar-refractivity contribution in [1.29, 1.82) is 0 Å². The Balaban J connectivity index is 2.24. The lowest BCUT2D eigenvalue weighted by molar-refractivity contribution is 0.122. The zero-order valence-corrected chi connectivity index (χ0v) is 9.30. The summed E-state index contributed by atoms with van der Waals surface area (Å²) in [4.78, 5) is 2.26. The van der Waals surface area contributed by atoms with Gasteiger partial charge in [-0.2, -0.15) is 0 Å². The Morgan fingerprint density at radius 3 is 2.69 bits per heavy atom. The lowest BCUT2D eigenvalue weighted by Gasteiger charge is -2.31. The van der Waals surface area contributed by atoms with Crippen molar-refractivity contribution in [2.45, 2.75) is 6.04 Å². The van der Waals surface area contributed by atoms with Crippen molar-refractivity contribution in [2.75, 3.05) is 37.8 Å². The number of hydrogen-bond acceptors (Lipinski definition) is 4. The standard InChI is InChI=1S/C12H18N2O2/c13-11(9-15)10-3-1-2-4-12(10)14-5-7-16-8-6-14/h1-4,11,15H,5-9,13H2/t11-/m0/s1. The molecule has 0 aliphatic carbocycles. The Kier molecular flexibility index (Phi) is 3.77. The summed E-state index contributed by atoms with van der Waals surface area (Å²) in [6.45, 7) is 3.25. The van der Waals surface area contributed by atoms with E-state index in [1.165, 1.54) is 0 Å². The second-order valence-electron chi connectivity index (χ2n) is 3.95. The van der Waals surface area contributed by atoms with Gasteiger partial charge in [-0.3, -0.25) is 0 Å². The smallest absolute Gasteiger partial charge is 0.0642 e. The van der Waals surface area contributed by atoms with Crippen LogP contribution in [0.15, 0.2) is 24.3 Å². The van der Waals surface area contributed by atoms with E-state index in [0.717, 1.165) is 37.6 Å². The van der Waals surface area contributed by atoms with Crippen LogP contribution < -0.4 is 10.6 Å². The number of nitrogens with two attached hydrogens (primary N) is 1. The highest BCUT2D eigenvalue weighted by atomic mass is 16.5. The first-order chi connectivity index (χ1) is 7.83. The molecule has 0 bridgehead atoms. The van der Waals surface area contributed by atoms with E-state index >= 15 is 0 Å². The van der Waals surface area contributed by atoms with Gasteiger partial charge in [-0.15, -0.1) is 0 Å². The predicted octanol–water partition coefficient (Wildman–Crippen LogP) is 0.515. The number of benzene rings is 1. The summed E-state index contributed by atoms with van der Waals surface area (Å²) < 4.78 is 5.33. The van der Waals surface area contributed by atoms with E-state index in [1.807, 2.05) is 18.2 Å². The number of rotatable bonds is 3. The monoisotopic (exact) mass is 222 g/mol. The largest absolute Gasteiger partial charge is 0.394 e. The molecule has 1 aromatic rings. The Labute approximate surface area is 95.6 Å². The maximum atomic E-state index is 9.14. The van der Waals surface area contributed by atoms with Gasteiger partial charge in [0.2, 0.25) is 0 Å². The normalized spacial score (nSPS) is 18.5. The van der Waals surface area contributed by atoms with E-state index in [4.69, 9.17) is 15.6 Å². The molecule has 3 N–H and O–H groups in total. The predicted molar refractivity (Wildman–Crippen MR) is 63.5 cm³/mol. The van der Waals surface area contributed by atoms with Crippen LogP contribution in [0.2, 0.25) is 0 Å². The van der Waals surface area contributed by atoms with Gasteiger partial charge in [-0.25, -0.2) is 0 Å². The van der Waals surface area contributed by atoms with Crippen LogP contribution in [0.4, 0.5) is 5.69 Å². The molecule has 1 aliphatic heterocycles. The highest BCUT2D eigenvalue weighted by Gasteiger charge is 2.17. The minimum atomic E-state index is -0.306. The fraction of sp³-hybridized carbons (Fsp3) is 0.500. The molecule has 4 nitrogen and oxygen atoms in total. The van der Waals surface area contributed by atoms with Gasteiger partial charge in [0.05, 0.1) is 25.9 Å². The Morgan fingerprint density at radius 2 is 2.00 bits per heavy atom. The van der Waals surface area contributed by atoms with Crippen molar-refractivity contribution in [3.05, 3.63) is 29.8 Å². The molecule has 1 aliphatic rings. The van der Waals surface area contributed by atoms with Gasteiger partial charge in [-0.1, -0.05) is 18.2 Å². The van der Waals surface area contributed by atoms with Gasteiger partial charge >= 0.3 is 0 Å². The van der Waals surface area contributed by atoms with Crippen LogP contribution in [0.25, 0.3) is 0 Å². The first kappa shape index (κ1) is 11.4. The Hall–Kier alpha value is -1.10. The second-order valence-corrected chi connectivity index (χ2v) is 3.95. The molecular formula is C12H18N2O2. The van der Waals surface area contributed by atoms with Crippen molar-refractivity contribution in [1.82, 2.24) is 0 Å². The highest BCUT2D eigenvalue weighted by Crippen LogP contribution is 2.25. The molecule has 88 valence electrons. The molecule has 2 rings (SSSR count). The number of aliphatic hydroxyl groups is 1. The van der Waals surface area contributed by atoms with Crippen LogP contribution >= 0.6 is 0 Å². The van der Waals surface area contributed by atoms with Crippen LogP contribution in [0.5, 0.6) is 0 Å². The molecule has 1 saturated heterocycles. The average molecular weight is 222 g/mol. The van der Waals surface area contributed by atoms with Gasteiger partial charge in [0.1, 0.15) is 0 Å². The van der Waals surface area contributed by atoms with Crippen molar-refractivity contribution in [2.24, 2.45) is 5.73 Å². The van der Waals surface area contributed by atoms with Crippen LogP contribution in [0, 0.1) is 0 Å². The Morgan fingerprint density at radius 1 is 1.31 bits per heavy atom. The Bertz CT molecular complexity index is 338. The summed E-state index contributed by atoms with van der Waals surface area (Å²) in [7, 11) is 0. The van der Waals surface area contributed by atoms with Crippen LogP contribution in [-0.4, -0.2) is 38.0 Å². The molecule has 0 saturated carbocycles. The molecule has 16 heavy (non-hydrogen) atoms. The third-order valence-corrected chi connectivity index (χ3v) is 2.88. The van der Waals surface area contributed by atoms with E-state index in [0.29, 0.717) is 0 Å². The highest BCUT2D eigenvalue weighted by molar-refractivity contribution is 5.55. The van der Waals surface area contributed by atoms with Gasteiger partial charge < -0.3 is 20.5 Å². The summed E-state index contributed by atoms with van der Waals surface area (Å²) in [6.07, 6.45) is 0. The number of para-hydroxylation sites is 1. The first-order valence-electron chi connectivity index (χ1n) is 5.61. The molecule has 4 heteroatoms. The lowest BCUT2D eigenvalue weighted by Crippen LogP contribution is -2.37. The summed E-state index contributed by atoms with van der Waals surface area (Å²) in [5.74, 6) is 0. The van der Waals surface area contributed by atoms with E-state index in [1.54, 1.807) is 0 Å².